The van der Waals surface area contributed by atoms with Crippen LogP contribution in [0, 0.1) is 5.92 Å². The molecule has 3 unspecified atom stereocenters. The van der Waals surface area contributed by atoms with Crippen molar-refractivity contribution in [3.05, 3.63) is 162 Å². The molecule has 3 heterocycles. The number of nitrogens with zero attached hydrogens (tertiary/aromatic N) is 2. The molecule has 0 saturated carbocycles. The number of carbonyl (C=O) groups excluding carboxylic acids is 4. The van der Waals surface area contributed by atoms with Crippen molar-refractivity contribution in [1.82, 2.24) is 26.2 Å². The second-order valence-corrected chi connectivity index (χ2v) is 23.4. The van der Waals surface area contributed by atoms with Gasteiger partial charge >= 0.3 is 0 Å². The Bertz CT molecular complexity index is 3120. The molecule has 1 spiro atoms. The summed E-state index contributed by atoms with van der Waals surface area (Å²) in [7, 11) is -2.18. The second-order valence-electron chi connectivity index (χ2n) is 21.2. The first-order chi connectivity index (χ1) is 38.3. The first-order valence-corrected chi connectivity index (χ1v) is 29.4. The highest BCUT2D eigenvalue weighted by Crippen LogP contribution is 2.49. The number of likely N-dealkylation sites (tertiary alicyclic amines) is 1. The third-order valence-electron chi connectivity index (χ3n) is 14.5. The van der Waals surface area contributed by atoms with E-state index in [0.29, 0.717) is 38.8 Å². The number of anilines is 1. The predicted molar refractivity (Wildman–Crippen MR) is 319 cm³/mol. The molecule has 436 valence electrons. The van der Waals surface area contributed by atoms with E-state index < -0.39 is 39.7 Å². The van der Waals surface area contributed by atoms with E-state index in [1.54, 1.807) is 13.8 Å². The van der Waals surface area contributed by atoms with Crippen LogP contribution in [0.3, 0.4) is 0 Å². The number of hydrogen-bond acceptors (Lipinski definition) is 14. The van der Waals surface area contributed by atoms with Crippen molar-refractivity contribution in [3.63, 3.8) is 0 Å². The van der Waals surface area contributed by atoms with Gasteiger partial charge in [-0.25, -0.2) is 4.89 Å². The summed E-state index contributed by atoms with van der Waals surface area (Å²) in [6, 6.07) is 44.6. The molecule has 6 aromatic carbocycles. The van der Waals surface area contributed by atoms with Gasteiger partial charge in [0.2, 0.25) is 23.6 Å². The van der Waals surface area contributed by atoms with Crippen LogP contribution in [0.5, 0.6) is 0 Å². The molecule has 3 aliphatic rings. The number of benzene rings is 6. The topological polar surface area (TPSA) is 251 Å². The highest BCUT2D eigenvalue weighted by molar-refractivity contribution is 7.96. The largest absolute Gasteiger partial charge is 0.394 e. The number of amides is 4. The van der Waals surface area contributed by atoms with Gasteiger partial charge in [-0.05, 0) is 109 Å². The van der Waals surface area contributed by atoms with Crippen LogP contribution in [0.25, 0.3) is 21.5 Å². The molecule has 4 amide bonds. The number of aliphatic hydroxyl groups is 1. The van der Waals surface area contributed by atoms with Crippen molar-refractivity contribution in [2.45, 2.75) is 95.5 Å². The lowest BCUT2D eigenvalue weighted by atomic mass is 9.74. The second kappa shape index (κ2) is 30.0. The van der Waals surface area contributed by atoms with E-state index in [2.05, 4.69) is 74.1 Å². The van der Waals surface area contributed by atoms with E-state index in [1.165, 1.54) is 24.9 Å². The minimum atomic E-state index is -3.67. The molecular weight excluding hydrogens is 1070 g/mol. The van der Waals surface area contributed by atoms with Gasteiger partial charge in [-0.3, -0.25) is 28.0 Å². The SMILES string of the molecule is C.COOSN1CC2(CCN(C(=O)C(COCc3ccccc3)NC(=O)C(C)(C)N)CC2)c2ccccc21.CS(=O)(=O)O.O=C(NC(Cc1ccc2ccccc2c1)C(=O)NC(CO)Cc1ccc2ccccc2c1)C1CCNCC1. The molecule has 2 saturated heterocycles. The summed E-state index contributed by atoms with van der Waals surface area (Å²) >= 11 is 1.18. The molecule has 8 N–H and O–H groups in total. The maximum absolute atomic E-state index is 13.6. The predicted octanol–water partition coefficient (Wildman–Crippen LogP) is 6.83. The molecule has 3 aliphatic heterocycles. The van der Waals surface area contributed by atoms with Crippen LogP contribution >= 0.6 is 12.2 Å². The fourth-order valence-corrected chi connectivity index (χ4v) is 10.9. The van der Waals surface area contributed by atoms with Crippen LogP contribution in [-0.2, 0) is 68.1 Å². The Kier molecular flexibility index (Phi) is 23.6. The summed E-state index contributed by atoms with van der Waals surface area (Å²) in [6.07, 6.45) is 4.71. The van der Waals surface area contributed by atoms with Crippen molar-refractivity contribution in [1.29, 1.82) is 0 Å². The molecular formula is C61H79N7O11S2. The number of fused-ring (bicyclic) bond motifs is 4. The molecule has 0 bridgehead atoms. The van der Waals surface area contributed by atoms with E-state index in [1.807, 2.05) is 95.9 Å². The molecule has 9 rings (SSSR count). The molecule has 20 heteroatoms. The summed E-state index contributed by atoms with van der Waals surface area (Å²) in [5.41, 5.74) is 10.2. The van der Waals surface area contributed by atoms with Gasteiger partial charge in [0.05, 0.1) is 50.5 Å². The van der Waals surface area contributed by atoms with Gasteiger partial charge in [-0.1, -0.05) is 141 Å². The Morgan fingerprint density at radius 2 is 1.32 bits per heavy atom. The van der Waals surface area contributed by atoms with Crippen LogP contribution < -0.4 is 31.3 Å². The van der Waals surface area contributed by atoms with Gasteiger partial charge in [-0.2, -0.15) is 8.42 Å². The van der Waals surface area contributed by atoms with E-state index in [-0.39, 0.29) is 49.7 Å². The van der Waals surface area contributed by atoms with Crippen LogP contribution in [0.1, 0.15) is 69.2 Å². The normalized spacial score (nSPS) is 16.1. The first-order valence-electron chi connectivity index (χ1n) is 26.9. The first kappa shape index (κ1) is 63.7. The summed E-state index contributed by atoms with van der Waals surface area (Å²) in [5.74, 6) is -1.00. The monoisotopic (exact) mass is 1150 g/mol. The Morgan fingerprint density at radius 3 is 1.90 bits per heavy atom. The van der Waals surface area contributed by atoms with E-state index in [4.69, 9.17) is 24.2 Å². The fraction of sp³-hybridized carbons (Fsp3) is 0.410. The zero-order valence-corrected chi connectivity index (χ0v) is 47.5. The summed E-state index contributed by atoms with van der Waals surface area (Å²) < 4.78 is 39.0. The lowest BCUT2D eigenvalue weighted by Crippen LogP contribution is -2.59. The third-order valence-corrected chi connectivity index (χ3v) is 15.2. The van der Waals surface area contributed by atoms with Crippen LogP contribution in [0.15, 0.2) is 140 Å². The fourth-order valence-electron chi connectivity index (χ4n) is 10.2. The number of rotatable bonds is 19. The number of aliphatic hydroxyl groups excluding tert-OH is 1. The highest BCUT2D eigenvalue weighted by atomic mass is 32.2. The molecule has 0 aliphatic carbocycles. The lowest BCUT2D eigenvalue weighted by molar-refractivity contribution is -0.160. The molecule has 0 radical (unpaired) electrons. The van der Waals surface area contributed by atoms with Crippen molar-refractivity contribution in [2.75, 3.05) is 63.6 Å². The van der Waals surface area contributed by atoms with Gasteiger partial charge < -0.3 is 41.7 Å². The average molecular weight is 1150 g/mol. The zero-order chi connectivity index (χ0) is 57.3. The molecule has 2 fully saturated rings. The maximum Gasteiger partial charge on any atom is 0.261 e. The number of carbonyl (C=O) groups is 4. The number of piperidine rings is 2. The van der Waals surface area contributed by atoms with Crippen molar-refractivity contribution in [2.24, 2.45) is 11.7 Å². The molecule has 6 aromatic rings. The van der Waals surface area contributed by atoms with Crippen LogP contribution in [0.2, 0.25) is 0 Å². The Balaban J connectivity index is 0.000000238. The van der Waals surface area contributed by atoms with Gasteiger partial charge in [0.15, 0.2) is 12.2 Å². The van der Waals surface area contributed by atoms with Crippen LogP contribution in [-0.4, -0.2) is 130 Å². The Labute approximate surface area is 480 Å². The summed E-state index contributed by atoms with van der Waals surface area (Å²) in [4.78, 5) is 59.6. The van der Waals surface area contributed by atoms with E-state index in [9.17, 15) is 32.7 Å². The smallest absolute Gasteiger partial charge is 0.261 e. The lowest BCUT2D eigenvalue weighted by Gasteiger charge is -2.41. The molecule has 3 atom stereocenters. The molecule has 81 heavy (non-hydrogen) atoms. The standard InChI is InChI=1S/C32H35N3O3.C27H36N4O5S.CH4O3S.CH4/c36-21-29(19-22-9-11-24-5-1-3-7-27(24)17-22)34-32(38)30(35-31(37)26-13-15-33-16-14-26)20-23-10-12-25-6-2-4-8-28(25)18-23;1-26(2,28)25(33)29-22(18-35-17-20-9-5-4-6-10-20)24(32)30-15-13-27(14-16-30)19-31(37-36-34-3)23-12-8-7-11-21(23)27;1-5(2,3)4;/h1-12,17-18,26,29-30,33,36H,13-16,19-21H2,(H,34,38)(H,35,37);4-12,22H,13-19,28H2,1-3H3,(H,29,33);1H3,(H,2,3,4);1H4. The van der Waals surface area contributed by atoms with Crippen LogP contribution in [0.4, 0.5) is 5.69 Å². The van der Waals surface area contributed by atoms with Crippen molar-refractivity contribution >= 4 is 73.2 Å². The number of nitrogens with two attached hydrogens (primary N) is 1. The number of hydrogen-bond donors (Lipinski definition) is 7. The minimum Gasteiger partial charge on any atom is -0.394 e. The molecule has 18 nitrogen and oxygen atoms in total. The summed E-state index contributed by atoms with van der Waals surface area (Å²) in [6.45, 7) is 7.00. The highest BCUT2D eigenvalue weighted by Gasteiger charge is 2.46. The minimum absolute atomic E-state index is 0. The van der Waals surface area contributed by atoms with Gasteiger partial charge in [0.1, 0.15) is 12.1 Å². The number of ether oxygens (including phenoxy) is 1. The van der Waals surface area contributed by atoms with Gasteiger partial charge in [0, 0.05) is 37.4 Å². The molecule has 0 aromatic heterocycles. The number of nitrogens with one attached hydrogen (secondary N) is 4. The Hall–Kier alpha value is -6.46. The number of para-hydroxylation sites is 1. The Morgan fingerprint density at radius 1 is 0.765 bits per heavy atom. The van der Waals surface area contributed by atoms with Crippen molar-refractivity contribution in [3.8, 4) is 0 Å². The third kappa shape index (κ3) is 18.8. The van der Waals surface area contributed by atoms with Gasteiger partial charge in [-0.15, -0.1) is 4.33 Å². The van der Waals surface area contributed by atoms with E-state index >= 15 is 0 Å². The maximum atomic E-state index is 13.6. The van der Waals surface area contributed by atoms with Gasteiger partial charge in [0.25, 0.3) is 10.1 Å². The van der Waals surface area contributed by atoms with Crippen molar-refractivity contribution < 1.29 is 51.2 Å². The zero-order valence-electron chi connectivity index (χ0n) is 45.8. The van der Waals surface area contributed by atoms with E-state index in [0.717, 1.165) is 89.2 Å². The quantitative estimate of drug-likeness (QED) is 0.0144. The average Bonchev–Trinajstić information content (AvgIpc) is 3.89. The summed E-state index contributed by atoms with van der Waals surface area (Å²) in [5, 5.41) is 26.8.